The van der Waals surface area contributed by atoms with Crippen LogP contribution in [0.5, 0.6) is 0 Å². The third kappa shape index (κ3) is 3.52. The molecule has 0 aliphatic heterocycles. The molecule has 0 radical (unpaired) electrons. The van der Waals surface area contributed by atoms with Crippen LogP contribution >= 0.6 is 11.3 Å². The van der Waals surface area contributed by atoms with Gasteiger partial charge in [0, 0.05) is 32.5 Å². The second kappa shape index (κ2) is 6.13. The minimum absolute atomic E-state index is 0.148. The first-order chi connectivity index (χ1) is 9.88. The number of hydrogen-bond acceptors (Lipinski definition) is 6. The highest BCUT2D eigenvalue weighted by Gasteiger charge is 2.21. The molecule has 0 bridgehead atoms. The second-order valence-electron chi connectivity index (χ2n) is 5.15. The van der Waals surface area contributed by atoms with Crippen LogP contribution in [-0.2, 0) is 13.6 Å². The predicted molar refractivity (Wildman–Crippen MR) is 84.3 cm³/mol. The molecule has 0 atom stereocenters. The average molecular weight is 308 g/mol. The highest BCUT2D eigenvalue weighted by atomic mass is 32.1. The van der Waals surface area contributed by atoms with Crippen LogP contribution in [0.4, 0.5) is 10.9 Å². The highest BCUT2D eigenvalue weighted by molar-refractivity contribution is 7.18. The number of aryl methyl sites for hydroxylation is 1. The summed E-state index contributed by atoms with van der Waals surface area (Å²) in [5, 5.41) is 3.82. The fourth-order valence-corrected chi connectivity index (χ4v) is 2.83. The van der Waals surface area contributed by atoms with Gasteiger partial charge in [0.05, 0.1) is 6.54 Å². The van der Waals surface area contributed by atoms with Crippen molar-refractivity contribution in [3.05, 3.63) is 23.1 Å². The molecule has 0 saturated carbocycles. The standard InChI is InChI=1S/C13H20N6OS/c1-8(2)16-13-17-11(14)10(21-13)12(20)19(4)7-9-15-5-6-18(9)3/h5-6,8H,7,14H2,1-4H3,(H,16,17). The highest BCUT2D eigenvalue weighted by Crippen LogP contribution is 2.26. The first-order valence-electron chi connectivity index (χ1n) is 6.63. The van der Waals surface area contributed by atoms with E-state index in [1.807, 2.05) is 31.7 Å². The smallest absolute Gasteiger partial charge is 0.268 e. The lowest BCUT2D eigenvalue weighted by Gasteiger charge is -2.15. The summed E-state index contributed by atoms with van der Waals surface area (Å²) in [5.41, 5.74) is 5.85. The van der Waals surface area contributed by atoms with Gasteiger partial charge in [0.15, 0.2) is 5.13 Å². The van der Waals surface area contributed by atoms with E-state index in [0.717, 1.165) is 5.82 Å². The van der Waals surface area contributed by atoms with Gasteiger partial charge >= 0.3 is 0 Å². The number of carbonyl (C=O) groups excluding carboxylic acids is 1. The quantitative estimate of drug-likeness (QED) is 0.875. The van der Waals surface area contributed by atoms with Crippen LogP contribution in [0.15, 0.2) is 12.4 Å². The Kier molecular flexibility index (Phi) is 4.46. The zero-order valence-electron chi connectivity index (χ0n) is 12.6. The Hall–Kier alpha value is -2.09. The van der Waals surface area contributed by atoms with Crippen LogP contribution < -0.4 is 11.1 Å². The molecule has 0 spiro atoms. The molecule has 3 N–H and O–H groups in total. The summed E-state index contributed by atoms with van der Waals surface area (Å²) >= 11 is 1.28. The van der Waals surface area contributed by atoms with Gasteiger partial charge in [-0.3, -0.25) is 4.79 Å². The molecule has 2 aromatic rings. The van der Waals surface area contributed by atoms with Crippen molar-refractivity contribution in [2.75, 3.05) is 18.1 Å². The predicted octanol–water partition coefficient (Wildman–Crippen LogP) is 1.55. The van der Waals surface area contributed by atoms with Crippen LogP contribution in [0.1, 0.15) is 29.3 Å². The van der Waals surface area contributed by atoms with Gasteiger partial charge < -0.3 is 20.5 Å². The summed E-state index contributed by atoms with van der Waals surface area (Å²) in [7, 11) is 3.62. The minimum atomic E-state index is -0.148. The Bertz CT molecular complexity index is 632. The van der Waals surface area contributed by atoms with Crippen LogP contribution in [0.2, 0.25) is 0 Å². The summed E-state index contributed by atoms with van der Waals surface area (Å²) in [5.74, 6) is 0.930. The van der Waals surface area contributed by atoms with E-state index in [-0.39, 0.29) is 17.8 Å². The number of thiazole rings is 1. The molecule has 21 heavy (non-hydrogen) atoms. The van der Waals surface area contributed by atoms with E-state index in [0.29, 0.717) is 16.6 Å². The van der Waals surface area contributed by atoms with E-state index in [4.69, 9.17) is 5.73 Å². The van der Waals surface area contributed by atoms with E-state index in [1.165, 1.54) is 11.3 Å². The Morgan fingerprint density at radius 2 is 2.29 bits per heavy atom. The molecular formula is C13H20N6OS. The zero-order chi connectivity index (χ0) is 15.6. The van der Waals surface area contributed by atoms with Gasteiger partial charge in [0.1, 0.15) is 16.5 Å². The van der Waals surface area contributed by atoms with Gasteiger partial charge in [0.25, 0.3) is 5.91 Å². The molecule has 2 aromatic heterocycles. The fraction of sp³-hybridized carbons (Fsp3) is 0.462. The van der Waals surface area contributed by atoms with Gasteiger partial charge in [-0.25, -0.2) is 9.97 Å². The molecule has 2 heterocycles. The third-order valence-electron chi connectivity index (χ3n) is 2.91. The number of rotatable bonds is 5. The van der Waals surface area contributed by atoms with Crippen LogP contribution in [0.3, 0.4) is 0 Å². The normalized spacial score (nSPS) is 10.9. The first-order valence-corrected chi connectivity index (χ1v) is 7.44. The number of aromatic nitrogens is 3. The number of nitrogens with zero attached hydrogens (tertiary/aromatic N) is 4. The van der Waals surface area contributed by atoms with Gasteiger partial charge in [-0.1, -0.05) is 11.3 Å². The number of nitrogen functional groups attached to an aromatic ring is 1. The van der Waals surface area contributed by atoms with Gasteiger partial charge in [0.2, 0.25) is 0 Å². The van der Waals surface area contributed by atoms with Crippen molar-refractivity contribution in [1.29, 1.82) is 0 Å². The molecule has 0 aliphatic rings. The van der Waals surface area contributed by atoms with Gasteiger partial charge in [-0.15, -0.1) is 0 Å². The summed E-state index contributed by atoms with van der Waals surface area (Å²) in [6.45, 7) is 4.44. The summed E-state index contributed by atoms with van der Waals surface area (Å²) in [4.78, 5) is 22.9. The maximum atomic E-state index is 12.5. The SMILES string of the molecule is CC(C)Nc1nc(N)c(C(=O)N(C)Cc2nccn2C)s1. The monoisotopic (exact) mass is 308 g/mol. The lowest BCUT2D eigenvalue weighted by Crippen LogP contribution is -2.27. The largest absolute Gasteiger partial charge is 0.382 e. The van der Waals surface area contributed by atoms with Crippen molar-refractivity contribution in [2.45, 2.75) is 26.4 Å². The van der Waals surface area contributed by atoms with E-state index >= 15 is 0 Å². The fourth-order valence-electron chi connectivity index (χ4n) is 1.80. The van der Waals surface area contributed by atoms with Crippen molar-refractivity contribution in [1.82, 2.24) is 19.4 Å². The van der Waals surface area contributed by atoms with Gasteiger partial charge in [-0.2, -0.15) is 0 Å². The molecule has 1 amide bonds. The molecule has 0 fully saturated rings. The summed E-state index contributed by atoms with van der Waals surface area (Å²) in [6.07, 6.45) is 3.55. The van der Waals surface area contributed by atoms with Crippen LogP contribution in [0, 0.1) is 0 Å². The van der Waals surface area contributed by atoms with E-state index < -0.39 is 0 Å². The number of carbonyl (C=O) groups is 1. The molecular weight excluding hydrogens is 288 g/mol. The molecule has 0 unspecified atom stereocenters. The maximum absolute atomic E-state index is 12.5. The first kappa shape index (κ1) is 15.3. The Labute approximate surface area is 127 Å². The minimum Gasteiger partial charge on any atom is -0.382 e. The summed E-state index contributed by atoms with van der Waals surface area (Å²) < 4.78 is 1.88. The van der Waals surface area contributed by atoms with Crippen molar-refractivity contribution in [2.24, 2.45) is 7.05 Å². The number of amides is 1. The molecule has 0 aliphatic carbocycles. The molecule has 0 saturated heterocycles. The van der Waals surface area contributed by atoms with Crippen LogP contribution in [0.25, 0.3) is 0 Å². The Morgan fingerprint density at radius 3 is 2.86 bits per heavy atom. The molecule has 0 aromatic carbocycles. The number of imidazole rings is 1. The lowest BCUT2D eigenvalue weighted by atomic mass is 10.4. The zero-order valence-corrected chi connectivity index (χ0v) is 13.4. The average Bonchev–Trinajstić information content (AvgIpc) is 2.95. The number of anilines is 2. The van der Waals surface area contributed by atoms with Crippen molar-refractivity contribution < 1.29 is 4.79 Å². The van der Waals surface area contributed by atoms with Crippen LogP contribution in [-0.4, -0.2) is 38.4 Å². The van der Waals surface area contributed by atoms with E-state index in [2.05, 4.69) is 15.3 Å². The van der Waals surface area contributed by atoms with Crippen molar-refractivity contribution in [3.63, 3.8) is 0 Å². The Balaban J connectivity index is 2.12. The molecule has 114 valence electrons. The topological polar surface area (TPSA) is 89.1 Å². The Morgan fingerprint density at radius 1 is 1.57 bits per heavy atom. The maximum Gasteiger partial charge on any atom is 0.268 e. The number of nitrogens with two attached hydrogens (primary N) is 1. The second-order valence-corrected chi connectivity index (χ2v) is 6.15. The van der Waals surface area contributed by atoms with E-state index in [9.17, 15) is 4.79 Å². The third-order valence-corrected chi connectivity index (χ3v) is 3.90. The van der Waals surface area contributed by atoms with Gasteiger partial charge in [-0.05, 0) is 13.8 Å². The van der Waals surface area contributed by atoms with Crippen molar-refractivity contribution >= 4 is 28.2 Å². The van der Waals surface area contributed by atoms with Crippen molar-refractivity contribution in [3.8, 4) is 0 Å². The van der Waals surface area contributed by atoms with E-state index in [1.54, 1.807) is 18.1 Å². The molecule has 8 heteroatoms. The number of nitrogens with one attached hydrogen (secondary N) is 1. The number of hydrogen-bond donors (Lipinski definition) is 2. The molecule has 2 rings (SSSR count). The lowest BCUT2D eigenvalue weighted by molar-refractivity contribution is 0.0786. The summed E-state index contributed by atoms with van der Waals surface area (Å²) in [6, 6.07) is 0.240. The molecule has 7 nitrogen and oxygen atoms in total.